The molecule has 0 aliphatic rings. The van der Waals surface area contributed by atoms with Gasteiger partial charge >= 0.3 is 0 Å². The van der Waals surface area contributed by atoms with Gasteiger partial charge in [0.1, 0.15) is 0 Å². The van der Waals surface area contributed by atoms with Crippen LogP contribution in [0.4, 0.5) is 0 Å². The quantitative estimate of drug-likeness (QED) is 0.782. The normalized spacial score (nSPS) is 10.0. The standard InChI is InChI=1S/C13H17NO2/c1-9(2)11-8-13(16-4)12(15-3)7-10(11)5-6-14/h7-9H,5H2,1-4H3. The van der Waals surface area contributed by atoms with E-state index in [9.17, 15) is 0 Å². The zero-order valence-electron chi connectivity index (χ0n) is 10.2. The first-order valence-corrected chi connectivity index (χ1v) is 5.25. The zero-order valence-corrected chi connectivity index (χ0v) is 10.2. The van der Waals surface area contributed by atoms with Crippen molar-refractivity contribution in [3.63, 3.8) is 0 Å². The molecule has 1 aromatic carbocycles. The molecule has 0 amide bonds. The first-order valence-electron chi connectivity index (χ1n) is 5.25. The average molecular weight is 219 g/mol. The highest BCUT2D eigenvalue weighted by atomic mass is 16.5. The Hall–Kier alpha value is -1.69. The number of ether oxygens (including phenoxy) is 2. The summed E-state index contributed by atoms with van der Waals surface area (Å²) in [5, 5.41) is 8.79. The van der Waals surface area contributed by atoms with Gasteiger partial charge in [0.15, 0.2) is 11.5 Å². The van der Waals surface area contributed by atoms with Gasteiger partial charge in [-0.05, 0) is 29.2 Å². The van der Waals surface area contributed by atoms with Crippen molar-refractivity contribution in [3.8, 4) is 17.6 Å². The first kappa shape index (κ1) is 12.4. The number of rotatable bonds is 4. The van der Waals surface area contributed by atoms with Crippen molar-refractivity contribution in [1.82, 2.24) is 0 Å². The number of benzene rings is 1. The van der Waals surface area contributed by atoms with E-state index in [1.165, 1.54) is 0 Å². The van der Waals surface area contributed by atoms with Crippen LogP contribution in [0.15, 0.2) is 12.1 Å². The summed E-state index contributed by atoms with van der Waals surface area (Å²) in [5.74, 6) is 1.76. The van der Waals surface area contributed by atoms with Crippen LogP contribution in [0, 0.1) is 11.3 Å². The van der Waals surface area contributed by atoms with Gasteiger partial charge in [-0.2, -0.15) is 5.26 Å². The Morgan fingerprint density at radius 3 is 2.19 bits per heavy atom. The number of hydrogen-bond donors (Lipinski definition) is 0. The molecular formula is C13H17NO2. The summed E-state index contributed by atoms with van der Waals surface area (Å²) >= 11 is 0. The van der Waals surface area contributed by atoms with Crippen molar-refractivity contribution in [2.75, 3.05) is 14.2 Å². The van der Waals surface area contributed by atoms with E-state index in [1.54, 1.807) is 14.2 Å². The molecule has 0 aliphatic heterocycles. The summed E-state index contributed by atoms with van der Waals surface area (Å²) in [6.07, 6.45) is 0.397. The van der Waals surface area contributed by atoms with E-state index in [0.717, 1.165) is 11.1 Å². The largest absolute Gasteiger partial charge is 0.493 e. The van der Waals surface area contributed by atoms with E-state index in [0.29, 0.717) is 23.8 Å². The van der Waals surface area contributed by atoms with Crippen LogP contribution < -0.4 is 9.47 Å². The number of methoxy groups -OCH3 is 2. The molecular weight excluding hydrogens is 202 g/mol. The molecule has 0 heterocycles. The molecule has 3 heteroatoms. The smallest absolute Gasteiger partial charge is 0.161 e. The Morgan fingerprint density at radius 2 is 1.75 bits per heavy atom. The summed E-state index contributed by atoms with van der Waals surface area (Å²) in [7, 11) is 3.22. The van der Waals surface area contributed by atoms with Crippen LogP contribution in [-0.4, -0.2) is 14.2 Å². The molecule has 0 aliphatic carbocycles. The van der Waals surface area contributed by atoms with Crippen LogP contribution in [0.1, 0.15) is 30.9 Å². The molecule has 0 saturated heterocycles. The molecule has 0 bridgehead atoms. The third kappa shape index (κ3) is 2.46. The molecule has 0 fully saturated rings. The van der Waals surface area contributed by atoms with Gasteiger partial charge in [-0.15, -0.1) is 0 Å². The fourth-order valence-electron chi connectivity index (χ4n) is 1.71. The van der Waals surface area contributed by atoms with E-state index in [4.69, 9.17) is 14.7 Å². The van der Waals surface area contributed by atoms with E-state index in [1.807, 2.05) is 12.1 Å². The number of hydrogen-bond acceptors (Lipinski definition) is 3. The molecule has 1 rings (SSSR count). The summed E-state index contributed by atoms with van der Waals surface area (Å²) in [6.45, 7) is 4.20. The molecule has 0 N–H and O–H groups in total. The lowest BCUT2D eigenvalue weighted by Gasteiger charge is -2.15. The molecule has 0 spiro atoms. The maximum Gasteiger partial charge on any atom is 0.161 e. The van der Waals surface area contributed by atoms with Gasteiger partial charge in [-0.25, -0.2) is 0 Å². The van der Waals surface area contributed by atoms with Crippen LogP contribution >= 0.6 is 0 Å². The van der Waals surface area contributed by atoms with Gasteiger partial charge < -0.3 is 9.47 Å². The van der Waals surface area contributed by atoms with Gasteiger partial charge in [-0.3, -0.25) is 0 Å². The number of nitriles is 1. The predicted octanol–water partition coefficient (Wildman–Crippen LogP) is 2.89. The Bertz CT molecular complexity index is 405. The van der Waals surface area contributed by atoms with E-state index < -0.39 is 0 Å². The fraction of sp³-hybridized carbons (Fsp3) is 0.462. The van der Waals surface area contributed by atoms with Gasteiger partial charge in [0.2, 0.25) is 0 Å². The van der Waals surface area contributed by atoms with Crippen molar-refractivity contribution in [1.29, 1.82) is 5.26 Å². The second kappa shape index (κ2) is 5.41. The lowest BCUT2D eigenvalue weighted by molar-refractivity contribution is 0.354. The molecule has 3 nitrogen and oxygen atoms in total. The zero-order chi connectivity index (χ0) is 12.1. The van der Waals surface area contributed by atoms with Crippen molar-refractivity contribution in [2.45, 2.75) is 26.2 Å². The minimum atomic E-state index is 0.364. The monoisotopic (exact) mass is 219 g/mol. The second-order valence-corrected chi connectivity index (χ2v) is 3.90. The first-order chi connectivity index (χ1) is 7.63. The second-order valence-electron chi connectivity index (χ2n) is 3.90. The lowest BCUT2D eigenvalue weighted by atomic mass is 9.95. The summed E-state index contributed by atoms with van der Waals surface area (Å²) in [6, 6.07) is 6.01. The Morgan fingerprint density at radius 1 is 1.19 bits per heavy atom. The summed E-state index contributed by atoms with van der Waals surface area (Å²) in [4.78, 5) is 0. The van der Waals surface area contributed by atoms with Crippen molar-refractivity contribution in [2.24, 2.45) is 0 Å². The Balaban J connectivity index is 3.30. The predicted molar refractivity (Wildman–Crippen MR) is 63.0 cm³/mol. The highest BCUT2D eigenvalue weighted by molar-refractivity contribution is 5.49. The summed E-state index contributed by atoms with van der Waals surface area (Å²) in [5.41, 5.74) is 2.15. The third-order valence-corrected chi connectivity index (χ3v) is 2.54. The van der Waals surface area contributed by atoms with Gasteiger partial charge in [0.05, 0.1) is 26.7 Å². The third-order valence-electron chi connectivity index (χ3n) is 2.54. The molecule has 1 aromatic rings. The minimum absolute atomic E-state index is 0.364. The fourth-order valence-corrected chi connectivity index (χ4v) is 1.71. The molecule has 16 heavy (non-hydrogen) atoms. The molecule has 0 unspecified atom stereocenters. The molecule has 0 aromatic heterocycles. The minimum Gasteiger partial charge on any atom is -0.493 e. The highest BCUT2D eigenvalue weighted by Crippen LogP contribution is 2.33. The molecule has 0 saturated carbocycles. The maximum atomic E-state index is 8.79. The molecule has 0 atom stereocenters. The number of nitrogens with zero attached hydrogens (tertiary/aromatic N) is 1. The van der Waals surface area contributed by atoms with Crippen molar-refractivity contribution < 1.29 is 9.47 Å². The average Bonchev–Trinajstić information content (AvgIpc) is 2.28. The highest BCUT2D eigenvalue weighted by Gasteiger charge is 2.13. The van der Waals surface area contributed by atoms with Gasteiger partial charge in [0.25, 0.3) is 0 Å². The van der Waals surface area contributed by atoms with Crippen LogP contribution in [0.2, 0.25) is 0 Å². The van der Waals surface area contributed by atoms with Crippen molar-refractivity contribution >= 4 is 0 Å². The Labute approximate surface area is 96.6 Å². The molecule has 86 valence electrons. The maximum absolute atomic E-state index is 8.79. The van der Waals surface area contributed by atoms with Crippen LogP contribution in [0.5, 0.6) is 11.5 Å². The lowest BCUT2D eigenvalue weighted by Crippen LogP contribution is -1.99. The van der Waals surface area contributed by atoms with Gasteiger partial charge in [0, 0.05) is 0 Å². The van der Waals surface area contributed by atoms with E-state index >= 15 is 0 Å². The topological polar surface area (TPSA) is 42.2 Å². The van der Waals surface area contributed by atoms with Gasteiger partial charge in [-0.1, -0.05) is 13.8 Å². The summed E-state index contributed by atoms with van der Waals surface area (Å²) < 4.78 is 10.5. The van der Waals surface area contributed by atoms with E-state index in [2.05, 4.69) is 19.9 Å². The van der Waals surface area contributed by atoms with Crippen LogP contribution in [0.25, 0.3) is 0 Å². The van der Waals surface area contributed by atoms with E-state index in [-0.39, 0.29) is 0 Å². The molecule has 0 radical (unpaired) electrons. The van der Waals surface area contributed by atoms with Crippen molar-refractivity contribution in [3.05, 3.63) is 23.3 Å². The Kier molecular flexibility index (Phi) is 4.19. The SMILES string of the molecule is COc1cc(CC#N)c(C(C)C)cc1OC. The van der Waals surface area contributed by atoms with Crippen LogP contribution in [-0.2, 0) is 6.42 Å². The van der Waals surface area contributed by atoms with Crippen LogP contribution in [0.3, 0.4) is 0 Å².